The molecule has 0 N–H and O–H groups in total. The van der Waals surface area contributed by atoms with Crippen LogP contribution in [0.5, 0.6) is 0 Å². The molecule has 0 aliphatic heterocycles. The Hall–Kier alpha value is 0.610. The Labute approximate surface area is 128 Å². The summed E-state index contributed by atoms with van der Waals surface area (Å²) in [5.41, 5.74) is 0. The fraction of sp³-hybridized carbons (Fsp3) is 1.00. The zero-order chi connectivity index (χ0) is 13.6. The number of hydrogen-bond donors (Lipinski definition) is 0. The van der Waals surface area contributed by atoms with Gasteiger partial charge in [0.1, 0.15) is 0 Å². The summed E-state index contributed by atoms with van der Waals surface area (Å²) in [6, 6.07) is 0. The summed E-state index contributed by atoms with van der Waals surface area (Å²) < 4.78 is 34.1. The maximum atomic E-state index is 8.52. The van der Waals surface area contributed by atoms with Crippen molar-refractivity contribution in [3.05, 3.63) is 0 Å². The van der Waals surface area contributed by atoms with Crippen LogP contribution in [-0.2, 0) is 32.8 Å². The first-order valence-corrected chi connectivity index (χ1v) is 7.91. The van der Waals surface area contributed by atoms with Crippen LogP contribution in [0, 0.1) is 0 Å². The van der Waals surface area contributed by atoms with Gasteiger partial charge in [0.25, 0.3) is 0 Å². The zero-order valence-electron chi connectivity index (χ0n) is 11.4. The second kappa shape index (κ2) is 17.6. The number of rotatable bonds is 9. The molecule has 0 aromatic rings. The molecule has 0 atom stereocenters. The van der Waals surface area contributed by atoms with Gasteiger partial charge in [0.05, 0.1) is 0 Å². The van der Waals surface area contributed by atoms with Crippen LogP contribution >= 0.6 is 0 Å². The molecule has 0 amide bonds. The topological polar surface area (TPSA) is 80.3 Å². The van der Waals surface area contributed by atoms with Gasteiger partial charge in [-0.3, -0.25) is 8.42 Å². The molecular weight excluding hydrogens is 348 g/mol. The summed E-state index contributed by atoms with van der Waals surface area (Å²) in [5, 5.41) is 0. The molecule has 0 aromatic heterocycles. The van der Waals surface area contributed by atoms with E-state index in [2.05, 4.69) is 13.8 Å². The molecule has 0 rings (SSSR count). The van der Waals surface area contributed by atoms with Crippen molar-refractivity contribution >= 4 is 10.4 Å². The molecule has 0 aliphatic carbocycles. The summed E-state index contributed by atoms with van der Waals surface area (Å²) in [6.45, 7) is 4.56. The van der Waals surface area contributed by atoms with E-state index in [9.17, 15) is 0 Å². The fourth-order valence-corrected chi connectivity index (χ4v) is 1.56. The Kier molecular flexibility index (Phi) is 23.2. The van der Waals surface area contributed by atoms with Crippen LogP contribution in [0.25, 0.3) is 0 Å². The van der Waals surface area contributed by atoms with Gasteiger partial charge in [-0.15, -0.1) is 0 Å². The van der Waals surface area contributed by atoms with E-state index in [4.69, 9.17) is 17.5 Å². The number of unbranched alkanes of at least 4 members (excludes halogenated alkanes) is 9. The molecule has 18 heavy (non-hydrogen) atoms. The van der Waals surface area contributed by atoms with Crippen LogP contribution < -0.4 is 0 Å². The predicted molar refractivity (Wildman–Crippen MR) is 68.0 cm³/mol. The summed E-state index contributed by atoms with van der Waals surface area (Å²) in [4.78, 5) is 0. The minimum absolute atomic E-state index is 0. The molecule has 0 unspecified atom stereocenters. The van der Waals surface area contributed by atoms with Gasteiger partial charge >= 0.3 is 22.4 Å². The van der Waals surface area contributed by atoms with Gasteiger partial charge in [-0.05, 0) is 0 Å². The first kappa shape index (κ1) is 23.7. The third-order valence-electron chi connectivity index (χ3n) is 2.46. The summed E-state index contributed by atoms with van der Waals surface area (Å²) >= 11 is 0. The number of hydrogen-bond acceptors (Lipinski definition) is 4. The van der Waals surface area contributed by atoms with Gasteiger partial charge in [-0.1, -0.05) is 78.1 Å². The maximum Gasteiger partial charge on any atom is 2.00 e. The molecule has 6 heteroatoms. The van der Waals surface area contributed by atoms with Crippen LogP contribution in [0.4, 0.5) is 0 Å². The van der Waals surface area contributed by atoms with Crippen LogP contribution in [-0.4, -0.2) is 17.5 Å². The van der Waals surface area contributed by atoms with Crippen molar-refractivity contribution in [2.45, 2.75) is 78.1 Å². The molecule has 0 saturated carbocycles. The Morgan fingerprint density at radius 1 is 0.667 bits per heavy atom. The fourth-order valence-electron chi connectivity index (χ4n) is 1.56. The van der Waals surface area contributed by atoms with E-state index in [0.717, 1.165) is 0 Å². The van der Waals surface area contributed by atoms with Crippen molar-refractivity contribution in [3.8, 4) is 0 Å². The molecule has 1 radical (unpaired) electrons. The van der Waals surface area contributed by atoms with Gasteiger partial charge in [0, 0.05) is 10.4 Å². The predicted octanol–water partition coefficient (Wildman–Crippen LogP) is 3.59. The van der Waals surface area contributed by atoms with E-state index in [0.29, 0.717) is 0 Å². The zero-order valence-corrected chi connectivity index (χ0v) is 13.7. The molecular formula is C12H26AgO4S. The van der Waals surface area contributed by atoms with Crippen molar-refractivity contribution in [1.29, 1.82) is 0 Å². The second-order valence-corrected chi connectivity index (χ2v) is 5.05. The minimum Gasteiger partial charge on any atom is -0.759 e. The average molecular weight is 374 g/mol. The Bertz CT molecular complexity index is 212. The Balaban J connectivity index is -0.000000321. The van der Waals surface area contributed by atoms with Crippen molar-refractivity contribution in [2.24, 2.45) is 0 Å². The Morgan fingerprint density at radius 2 is 0.833 bits per heavy atom. The van der Waals surface area contributed by atoms with Crippen LogP contribution in [0.15, 0.2) is 0 Å². The maximum absolute atomic E-state index is 8.52. The molecule has 0 heterocycles. The second-order valence-electron chi connectivity index (χ2n) is 4.24. The summed E-state index contributed by atoms with van der Waals surface area (Å²) in [6.07, 6.45) is 14.4. The molecule has 115 valence electrons. The third-order valence-corrected chi connectivity index (χ3v) is 2.46. The van der Waals surface area contributed by atoms with E-state index in [1.165, 1.54) is 64.2 Å². The molecule has 0 saturated heterocycles. The quantitative estimate of drug-likeness (QED) is 0.267. The van der Waals surface area contributed by atoms with Crippen LogP contribution in [0.3, 0.4) is 0 Å². The van der Waals surface area contributed by atoms with Gasteiger partial charge in [0.2, 0.25) is 0 Å². The van der Waals surface area contributed by atoms with Gasteiger partial charge < -0.3 is 9.11 Å². The van der Waals surface area contributed by atoms with Crippen molar-refractivity contribution < 1.29 is 39.9 Å². The van der Waals surface area contributed by atoms with Gasteiger partial charge in [-0.2, -0.15) is 0 Å². The molecule has 0 aromatic carbocycles. The molecule has 0 fully saturated rings. The van der Waals surface area contributed by atoms with Gasteiger partial charge in [-0.25, -0.2) is 0 Å². The van der Waals surface area contributed by atoms with Crippen molar-refractivity contribution in [2.75, 3.05) is 0 Å². The Morgan fingerprint density at radius 3 is 1.00 bits per heavy atom. The normalized spacial score (nSPS) is 10.2. The van der Waals surface area contributed by atoms with Crippen molar-refractivity contribution in [3.63, 3.8) is 0 Å². The van der Waals surface area contributed by atoms with E-state index >= 15 is 0 Å². The summed E-state index contributed by atoms with van der Waals surface area (Å²) in [5.74, 6) is 0. The van der Waals surface area contributed by atoms with E-state index in [-0.39, 0.29) is 22.4 Å². The molecule has 0 aliphatic rings. The van der Waals surface area contributed by atoms with Gasteiger partial charge in [0.15, 0.2) is 0 Å². The first-order chi connectivity index (χ1) is 7.91. The third kappa shape index (κ3) is 43.8. The minimum atomic E-state index is -5.17. The monoisotopic (exact) mass is 373 g/mol. The van der Waals surface area contributed by atoms with E-state index in [1.54, 1.807) is 0 Å². The SMILES string of the molecule is CCCCCCCCCCCC.O=S(=O)([O-])[O-].[Ag+2]. The molecule has 4 nitrogen and oxygen atoms in total. The first-order valence-electron chi connectivity index (χ1n) is 6.58. The van der Waals surface area contributed by atoms with E-state index in [1.807, 2.05) is 0 Å². The molecule has 0 spiro atoms. The smallest absolute Gasteiger partial charge is 0.759 e. The van der Waals surface area contributed by atoms with Crippen LogP contribution in [0.1, 0.15) is 78.1 Å². The largest absolute Gasteiger partial charge is 2.00 e. The average Bonchev–Trinajstić information content (AvgIpc) is 2.20. The summed E-state index contributed by atoms with van der Waals surface area (Å²) in [7, 11) is -5.17. The van der Waals surface area contributed by atoms with Crippen LogP contribution in [0.2, 0.25) is 0 Å². The molecule has 0 bridgehead atoms. The standard InChI is InChI=1S/C12H26.Ag.H2O4S/c1-3-5-7-9-11-12-10-8-6-4-2;;1-5(2,3)4/h3-12H2,1-2H3;;(H2,1,2,3,4)/q;+2;/p-2. The van der Waals surface area contributed by atoms with E-state index < -0.39 is 10.4 Å². The van der Waals surface area contributed by atoms with Crippen molar-refractivity contribution in [1.82, 2.24) is 0 Å².